The third-order valence-electron chi connectivity index (χ3n) is 3.68. The van der Waals surface area contributed by atoms with Crippen molar-refractivity contribution in [2.24, 2.45) is 0 Å². The summed E-state index contributed by atoms with van der Waals surface area (Å²) in [6, 6.07) is 5.56. The van der Waals surface area contributed by atoms with Crippen molar-refractivity contribution in [3.8, 4) is 5.75 Å². The van der Waals surface area contributed by atoms with Gasteiger partial charge in [-0.05, 0) is 31.9 Å². The lowest BCUT2D eigenvalue weighted by atomic mass is 10.1. The summed E-state index contributed by atoms with van der Waals surface area (Å²) in [5.41, 5.74) is 1.68. The van der Waals surface area contributed by atoms with E-state index in [9.17, 15) is 9.59 Å². The fourth-order valence-electron chi connectivity index (χ4n) is 2.52. The zero-order chi connectivity index (χ0) is 15.9. The molecule has 0 amide bonds. The second-order valence-corrected chi connectivity index (χ2v) is 5.38. The summed E-state index contributed by atoms with van der Waals surface area (Å²) in [6.45, 7) is 3.52. The van der Waals surface area contributed by atoms with Crippen LogP contribution in [-0.2, 0) is 9.53 Å². The average Bonchev–Trinajstić information content (AvgIpc) is 2.64. The first-order valence-corrected chi connectivity index (χ1v) is 7.78. The number of hydrogen-bond acceptors (Lipinski definition) is 5. The maximum atomic E-state index is 12.0. The predicted molar refractivity (Wildman–Crippen MR) is 84.6 cm³/mol. The summed E-state index contributed by atoms with van der Waals surface area (Å²) in [6.07, 6.45) is 2.44. The van der Waals surface area contributed by atoms with E-state index in [0.29, 0.717) is 32.5 Å². The number of ketones is 1. The summed E-state index contributed by atoms with van der Waals surface area (Å²) in [5, 5.41) is 0. The topological polar surface area (TPSA) is 55.8 Å². The maximum absolute atomic E-state index is 12.0. The lowest BCUT2D eigenvalue weighted by molar-refractivity contribution is -0.143. The molecule has 2 rings (SSSR count). The van der Waals surface area contributed by atoms with Crippen molar-refractivity contribution < 1.29 is 19.1 Å². The van der Waals surface area contributed by atoms with E-state index in [0.717, 1.165) is 30.0 Å². The molecule has 22 heavy (non-hydrogen) atoms. The van der Waals surface area contributed by atoms with Gasteiger partial charge in [-0.1, -0.05) is 0 Å². The number of benzene rings is 1. The molecule has 0 fully saturated rings. The molecule has 0 aromatic heterocycles. The van der Waals surface area contributed by atoms with Crippen molar-refractivity contribution >= 4 is 17.4 Å². The van der Waals surface area contributed by atoms with E-state index in [2.05, 4.69) is 4.90 Å². The molecule has 0 atom stereocenters. The Morgan fingerprint density at radius 2 is 2.18 bits per heavy atom. The first-order valence-electron chi connectivity index (χ1n) is 7.78. The van der Waals surface area contributed by atoms with E-state index in [4.69, 9.17) is 9.47 Å². The summed E-state index contributed by atoms with van der Waals surface area (Å²) < 4.78 is 10.5. The summed E-state index contributed by atoms with van der Waals surface area (Å²) in [4.78, 5) is 25.4. The minimum absolute atomic E-state index is 0.188. The van der Waals surface area contributed by atoms with E-state index >= 15 is 0 Å². The van der Waals surface area contributed by atoms with Gasteiger partial charge in [0.15, 0.2) is 5.78 Å². The Labute approximate surface area is 131 Å². The molecule has 0 aliphatic carbocycles. The number of carbonyl (C=O) groups excluding carboxylic acids is 2. The number of hydrogen-bond donors (Lipinski definition) is 0. The highest BCUT2D eigenvalue weighted by atomic mass is 16.5. The number of Topliss-reactive ketones (excluding diaryl/α,β-unsaturated/α-hetero) is 1. The van der Waals surface area contributed by atoms with Gasteiger partial charge in [-0.3, -0.25) is 9.59 Å². The van der Waals surface area contributed by atoms with Gasteiger partial charge < -0.3 is 14.4 Å². The van der Waals surface area contributed by atoms with Crippen LogP contribution in [0.15, 0.2) is 18.2 Å². The highest BCUT2D eigenvalue weighted by molar-refractivity contribution is 6.02. The van der Waals surface area contributed by atoms with Crippen molar-refractivity contribution in [3.05, 3.63) is 23.8 Å². The molecule has 0 radical (unpaired) electrons. The second kappa shape index (κ2) is 7.82. The van der Waals surface area contributed by atoms with E-state index in [1.165, 1.54) is 0 Å². The highest BCUT2D eigenvalue weighted by Gasteiger charge is 2.19. The number of anilines is 1. The van der Waals surface area contributed by atoms with E-state index in [1.807, 2.05) is 25.2 Å². The third-order valence-corrected chi connectivity index (χ3v) is 3.68. The Kier molecular flexibility index (Phi) is 5.81. The van der Waals surface area contributed by atoms with Gasteiger partial charge in [0.25, 0.3) is 0 Å². The number of fused-ring (bicyclic) bond motifs is 1. The monoisotopic (exact) mass is 305 g/mol. The molecule has 0 unspecified atom stereocenters. The number of esters is 1. The van der Waals surface area contributed by atoms with Crippen LogP contribution in [0.2, 0.25) is 0 Å². The largest absolute Gasteiger partial charge is 0.494 e. The molecule has 0 N–H and O–H groups in total. The Morgan fingerprint density at radius 1 is 1.36 bits per heavy atom. The van der Waals surface area contributed by atoms with Gasteiger partial charge in [-0.2, -0.15) is 0 Å². The Morgan fingerprint density at radius 3 is 2.95 bits per heavy atom. The molecule has 1 aromatic carbocycles. The summed E-state index contributed by atoms with van der Waals surface area (Å²) >= 11 is 0. The van der Waals surface area contributed by atoms with Gasteiger partial charge >= 0.3 is 5.97 Å². The molecule has 0 bridgehead atoms. The Bertz CT molecular complexity index is 541. The van der Waals surface area contributed by atoms with Gasteiger partial charge in [0.2, 0.25) is 0 Å². The first-order chi connectivity index (χ1) is 10.6. The van der Waals surface area contributed by atoms with Crippen LogP contribution < -0.4 is 9.64 Å². The molecule has 120 valence electrons. The van der Waals surface area contributed by atoms with Crippen LogP contribution in [0, 0.1) is 0 Å². The van der Waals surface area contributed by atoms with Gasteiger partial charge in [0, 0.05) is 38.1 Å². The van der Waals surface area contributed by atoms with Gasteiger partial charge in [-0.15, -0.1) is 0 Å². The van der Waals surface area contributed by atoms with Crippen molar-refractivity contribution in [2.75, 3.05) is 31.7 Å². The van der Waals surface area contributed by atoms with Crippen LogP contribution in [0.3, 0.4) is 0 Å². The SMILES string of the molecule is CCOC(=O)CCCOc1ccc2c(c1)N(C)CCCC2=O. The van der Waals surface area contributed by atoms with Crippen molar-refractivity contribution in [3.63, 3.8) is 0 Å². The molecular formula is C17H23NO4. The van der Waals surface area contributed by atoms with Crippen LogP contribution in [0.1, 0.15) is 43.0 Å². The fourth-order valence-corrected chi connectivity index (χ4v) is 2.52. The van der Waals surface area contributed by atoms with Crippen LogP contribution >= 0.6 is 0 Å². The molecule has 1 heterocycles. The van der Waals surface area contributed by atoms with Gasteiger partial charge in [0.1, 0.15) is 5.75 Å². The first kappa shape index (κ1) is 16.3. The van der Waals surface area contributed by atoms with Gasteiger partial charge in [0.05, 0.1) is 18.9 Å². The lowest BCUT2D eigenvalue weighted by Gasteiger charge is -2.19. The number of nitrogens with zero attached hydrogens (tertiary/aromatic N) is 1. The number of carbonyl (C=O) groups is 2. The number of rotatable bonds is 6. The summed E-state index contributed by atoms with van der Waals surface area (Å²) in [7, 11) is 1.99. The van der Waals surface area contributed by atoms with Crippen LogP contribution in [0.5, 0.6) is 5.75 Å². The maximum Gasteiger partial charge on any atom is 0.305 e. The van der Waals surface area contributed by atoms with E-state index < -0.39 is 0 Å². The average molecular weight is 305 g/mol. The molecule has 5 nitrogen and oxygen atoms in total. The molecular weight excluding hydrogens is 282 g/mol. The Balaban J connectivity index is 1.93. The van der Waals surface area contributed by atoms with Gasteiger partial charge in [-0.25, -0.2) is 0 Å². The molecule has 5 heteroatoms. The molecule has 0 saturated heterocycles. The zero-order valence-electron chi connectivity index (χ0n) is 13.3. The molecule has 1 aliphatic heterocycles. The second-order valence-electron chi connectivity index (χ2n) is 5.38. The van der Waals surface area contributed by atoms with Crippen molar-refractivity contribution in [2.45, 2.75) is 32.6 Å². The van der Waals surface area contributed by atoms with Crippen LogP contribution in [-0.4, -0.2) is 38.6 Å². The van der Waals surface area contributed by atoms with Crippen LogP contribution in [0.4, 0.5) is 5.69 Å². The molecule has 0 saturated carbocycles. The quantitative estimate of drug-likeness (QED) is 0.597. The summed E-state index contributed by atoms with van der Waals surface area (Å²) in [5.74, 6) is 0.718. The highest BCUT2D eigenvalue weighted by Crippen LogP contribution is 2.29. The lowest BCUT2D eigenvalue weighted by Crippen LogP contribution is -2.17. The molecule has 0 spiro atoms. The zero-order valence-corrected chi connectivity index (χ0v) is 13.3. The van der Waals surface area contributed by atoms with Crippen molar-refractivity contribution in [1.82, 2.24) is 0 Å². The minimum Gasteiger partial charge on any atom is -0.494 e. The Hall–Kier alpha value is -2.04. The van der Waals surface area contributed by atoms with E-state index in [1.54, 1.807) is 6.92 Å². The minimum atomic E-state index is -0.196. The predicted octanol–water partition coefficient (Wildman–Crippen LogP) is 2.82. The smallest absolute Gasteiger partial charge is 0.305 e. The van der Waals surface area contributed by atoms with Crippen LogP contribution in [0.25, 0.3) is 0 Å². The van der Waals surface area contributed by atoms with Crippen molar-refractivity contribution in [1.29, 1.82) is 0 Å². The fraction of sp³-hybridized carbons (Fsp3) is 0.529. The number of ether oxygens (including phenoxy) is 2. The third kappa shape index (κ3) is 4.23. The molecule has 1 aliphatic rings. The van der Waals surface area contributed by atoms with E-state index in [-0.39, 0.29) is 11.8 Å². The standard InChI is InChI=1S/C17H23NO4/c1-3-21-17(20)7-5-11-22-13-8-9-14-15(12-13)18(2)10-4-6-16(14)19/h8-9,12H,3-7,10-11H2,1-2H3. The molecule has 1 aromatic rings. The normalized spacial score (nSPS) is 14.3.